The van der Waals surface area contributed by atoms with Gasteiger partial charge in [0.25, 0.3) is 0 Å². The number of benzene rings is 2. The smallest absolute Gasteiger partial charge is 0.115 e. The van der Waals surface area contributed by atoms with Crippen LogP contribution in [0.5, 0.6) is 5.75 Å². The number of pyridine rings is 1. The molecule has 2 aromatic carbocycles. The molecule has 3 aromatic heterocycles. The Morgan fingerprint density at radius 2 is 1.48 bits per heavy atom. The van der Waals surface area contributed by atoms with Crippen molar-refractivity contribution in [3.63, 3.8) is 0 Å². The van der Waals surface area contributed by atoms with Crippen LogP contribution < -0.4 is 0 Å². The van der Waals surface area contributed by atoms with Crippen LogP contribution in [0.1, 0.15) is 4.88 Å². The predicted molar refractivity (Wildman–Crippen MR) is 124 cm³/mol. The Balaban J connectivity index is 1.38. The van der Waals surface area contributed by atoms with Crippen molar-refractivity contribution in [2.75, 3.05) is 0 Å². The SMILES string of the molecule is Oc1ccc(N=Cc2ccc(-c3ccc(-c4ccc5ccccc5n4)s3)s2)cc1. The molecule has 140 valence electrons. The molecule has 0 radical (unpaired) electrons. The third-order valence-electron chi connectivity index (χ3n) is 4.52. The van der Waals surface area contributed by atoms with Crippen molar-refractivity contribution in [2.45, 2.75) is 0 Å². The van der Waals surface area contributed by atoms with Gasteiger partial charge < -0.3 is 5.11 Å². The van der Waals surface area contributed by atoms with Crippen LogP contribution in [0.25, 0.3) is 31.2 Å². The van der Waals surface area contributed by atoms with E-state index in [2.05, 4.69) is 47.5 Å². The van der Waals surface area contributed by atoms with Gasteiger partial charge in [-0.25, -0.2) is 4.98 Å². The summed E-state index contributed by atoms with van der Waals surface area (Å²) in [5.74, 6) is 0.247. The van der Waals surface area contributed by atoms with Gasteiger partial charge in [0.05, 0.1) is 21.8 Å². The number of aliphatic imine (C=N–C) groups is 1. The zero-order valence-electron chi connectivity index (χ0n) is 15.3. The Kier molecular flexibility index (Phi) is 4.68. The standard InChI is InChI=1S/C24H16N2OS2/c27-18-8-6-17(7-9-18)25-15-19-10-12-23(28-19)24-14-13-22(29-24)21-11-5-16-3-1-2-4-20(16)26-21/h1-15,27H. The van der Waals surface area contributed by atoms with Gasteiger partial charge >= 0.3 is 0 Å². The summed E-state index contributed by atoms with van der Waals surface area (Å²) in [5, 5.41) is 10.5. The van der Waals surface area contributed by atoms with Crippen LogP contribution in [-0.4, -0.2) is 16.3 Å². The zero-order chi connectivity index (χ0) is 19.6. The van der Waals surface area contributed by atoms with E-state index in [-0.39, 0.29) is 5.75 Å². The number of thiophene rings is 2. The van der Waals surface area contributed by atoms with Crippen molar-refractivity contribution in [3.05, 3.63) is 89.8 Å². The first-order valence-electron chi connectivity index (χ1n) is 9.14. The Morgan fingerprint density at radius 1 is 0.724 bits per heavy atom. The number of hydrogen-bond donors (Lipinski definition) is 1. The first-order chi connectivity index (χ1) is 14.2. The number of rotatable bonds is 4. The molecule has 3 heterocycles. The Labute approximate surface area is 176 Å². The van der Waals surface area contributed by atoms with Crippen molar-refractivity contribution in [1.82, 2.24) is 4.98 Å². The maximum absolute atomic E-state index is 9.35. The van der Waals surface area contributed by atoms with Gasteiger partial charge in [-0.2, -0.15) is 0 Å². The molecule has 1 N–H and O–H groups in total. The molecule has 0 fully saturated rings. The maximum atomic E-state index is 9.35. The second kappa shape index (κ2) is 7.62. The summed E-state index contributed by atoms with van der Waals surface area (Å²) >= 11 is 3.46. The zero-order valence-corrected chi connectivity index (χ0v) is 17.0. The molecule has 29 heavy (non-hydrogen) atoms. The van der Waals surface area contributed by atoms with Gasteiger partial charge in [0, 0.05) is 26.2 Å². The summed E-state index contributed by atoms with van der Waals surface area (Å²) in [6.45, 7) is 0. The third-order valence-corrected chi connectivity index (χ3v) is 6.84. The average molecular weight is 413 g/mol. The van der Waals surface area contributed by atoms with Gasteiger partial charge in [-0.15, -0.1) is 22.7 Å². The van der Waals surface area contributed by atoms with E-state index in [0.717, 1.165) is 27.2 Å². The second-order valence-corrected chi connectivity index (χ2v) is 8.73. The molecule has 0 saturated carbocycles. The van der Waals surface area contributed by atoms with Crippen LogP contribution in [0.3, 0.4) is 0 Å². The summed E-state index contributed by atoms with van der Waals surface area (Å²) in [6.07, 6.45) is 1.86. The van der Waals surface area contributed by atoms with E-state index < -0.39 is 0 Å². The lowest BCUT2D eigenvalue weighted by Crippen LogP contribution is -1.81. The minimum absolute atomic E-state index is 0.247. The van der Waals surface area contributed by atoms with E-state index >= 15 is 0 Å². The van der Waals surface area contributed by atoms with Gasteiger partial charge in [0.2, 0.25) is 0 Å². The van der Waals surface area contributed by atoms with Gasteiger partial charge in [-0.1, -0.05) is 24.3 Å². The van der Waals surface area contributed by atoms with E-state index in [1.54, 1.807) is 46.9 Å². The number of fused-ring (bicyclic) bond motifs is 1. The lowest BCUT2D eigenvalue weighted by molar-refractivity contribution is 0.475. The van der Waals surface area contributed by atoms with E-state index in [0.29, 0.717) is 0 Å². The summed E-state index contributed by atoms with van der Waals surface area (Å²) in [5.41, 5.74) is 2.84. The number of hydrogen-bond acceptors (Lipinski definition) is 5. The van der Waals surface area contributed by atoms with Crippen LogP contribution in [-0.2, 0) is 0 Å². The molecule has 5 heteroatoms. The maximum Gasteiger partial charge on any atom is 0.115 e. The molecule has 0 spiro atoms. The Morgan fingerprint density at radius 3 is 2.38 bits per heavy atom. The summed E-state index contributed by atoms with van der Waals surface area (Å²) in [6, 6.07) is 27.8. The van der Waals surface area contributed by atoms with Crippen LogP contribution in [0.15, 0.2) is 89.9 Å². The molecule has 0 amide bonds. The highest BCUT2D eigenvalue weighted by Gasteiger charge is 2.09. The Hall–Kier alpha value is -3.28. The van der Waals surface area contributed by atoms with Gasteiger partial charge in [-0.3, -0.25) is 4.99 Å². The lowest BCUT2D eigenvalue weighted by Gasteiger charge is -2.00. The van der Waals surface area contributed by atoms with Crippen LogP contribution in [0.4, 0.5) is 5.69 Å². The molecule has 5 rings (SSSR count). The van der Waals surface area contributed by atoms with Crippen molar-refractivity contribution in [3.8, 4) is 26.1 Å². The Bertz CT molecular complexity index is 1320. The van der Waals surface area contributed by atoms with Crippen molar-refractivity contribution >= 4 is 45.5 Å². The van der Waals surface area contributed by atoms with E-state index in [1.807, 2.05) is 24.4 Å². The highest BCUT2D eigenvalue weighted by Crippen LogP contribution is 2.37. The highest BCUT2D eigenvalue weighted by atomic mass is 32.1. The number of phenols is 1. The average Bonchev–Trinajstić information content (AvgIpc) is 3.43. The predicted octanol–water partition coefficient (Wildman–Crippen LogP) is 7.15. The molecule has 0 aliphatic carbocycles. The largest absolute Gasteiger partial charge is 0.508 e. The van der Waals surface area contributed by atoms with Crippen molar-refractivity contribution in [2.24, 2.45) is 4.99 Å². The number of aromatic nitrogens is 1. The van der Waals surface area contributed by atoms with Crippen LogP contribution in [0.2, 0.25) is 0 Å². The fourth-order valence-electron chi connectivity index (χ4n) is 3.04. The quantitative estimate of drug-likeness (QED) is 0.319. The normalized spacial score (nSPS) is 11.4. The monoisotopic (exact) mass is 412 g/mol. The molecule has 0 bridgehead atoms. The molecule has 0 unspecified atom stereocenters. The fraction of sp³-hybridized carbons (Fsp3) is 0. The first kappa shape index (κ1) is 17.8. The van der Waals surface area contributed by atoms with Gasteiger partial charge in [0.1, 0.15) is 5.75 Å². The number of para-hydroxylation sites is 1. The molecule has 0 aliphatic rings. The van der Waals surface area contributed by atoms with Gasteiger partial charge in [0.15, 0.2) is 0 Å². The highest BCUT2D eigenvalue weighted by molar-refractivity contribution is 7.24. The topological polar surface area (TPSA) is 45.5 Å². The number of phenolic OH excluding ortho intramolecular Hbond substituents is 1. The molecule has 0 aliphatic heterocycles. The minimum atomic E-state index is 0.247. The van der Waals surface area contributed by atoms with E-state index in [1.165, 1.54) is 14.6 Å². The molecule has 0 saturated heterocycles. The van der Waals surface area contributed by atoms with Crippen LogP contribution in [0, 0.1) is 0 Å². The fourth-order valence-corrected chi connectivity index (χ4v) is 4.99. The van der Waals surface area contributed by atoms with Crippen LogP contribution >= 0.6 is 22.7 Å². The molecule has 0 atom stereocenters. The second-order valence-electron chi connectivity index (χ2n) is 6.53. The number of aromatic hydroxyl groups is 1. The van der Waals surface area contributed by atoms with Crippen molar-refractivity contribution < 1.29 is 5.11 Å². The van der Waals surface area contributed by atoms with E-state index in [9.17, 15) is 5.11 Å². The molecule has 3 nitrogen and oxygen atoms in total. The van der Waals surface area contributed by atoms with E-state index in [4.69, 9.17) is 4.98 Å². The summed E-state index contributed by atoms with van der Waals surface area (Å²) in [4.78, 5) is 14.0. The lowest BCUT2D eigenvalue weighted by atomic mass is 10.2. The van der Waals surface area contributed by atoms with Crippen molar-refractivity contribution in [1.29, 1.82) is 0 Å². The molecule has 5 aromatic rings. The minimum Gasteiger partial charge on any atom is -0.508 e. The first-order valence-corrected chi connectivity index (χ1v) is 10.8. The van der Waals surface area contributed by atoms with Gasteiger partial charge in [-0.05, 0) is 60.7 Å². The summed E-state index contributed by atoms with van der Waals surface area (Å²) < 4.78 is 0. The molecular weight excluding hydrogens is 396 g/mol. The third kappa shape index (κ3) is 3.83. The summed E-state index contributed by atoms with van der Waals surface area (Å²) in [7, 11) is 0. The number of nitrogens with zero attached hydrogens (tertiary/aromatic N) is 2. The molecular formula is C24H16N2OS2.